The molecule has 1 fully saturated rings. The number of hydrogen-bond acceptors (Lipinski definition) is 3. The van der Waals surface area contributed by atoms with Crippen LogP contribution in [0.25, 0.3) is 0 Å². The second-order valence-electron chi connectivity index (χ2n) is 7.00. The number of anilines is 1. The van der Waals surface area contributed by atoms with Crippen molar-refractivity contribution < 1.29 is 9.59 Å². The molecular weight excluding hydrogens is 332 g/mol. The lowest BCUT2D eigenvalue weighted by Crippen LogP contribution is -2.41. The lowest BCUT2D eigenvalue weighted by molar-refractivity contribution is -0.139. The van der Waals surface area contributed by atoms with Crippen LogP contribution in [0.5, 0.6) is 0 Å². The summed E-state index contributed by atoms with van der Waals surface area (Å²) in [6.45, 7) is 2.16. The molecule has 2 aromatic rings. The van der Waals surface area contributed by atoms with Gasteiger partial charge in [-0.25, -0.2) is 0 Å². The molecule has 1 aromatic heterocycles. The second kappa shape index (κ2) is 6.64. The number of nitrogens with one attached hydrogen (secondary N) is 1. The van der Waals surface area contributed by atoms with Crippen LogP contribution in [0.15, 0.2) is 35.7 Å². The summed E-state index contributed by atoms with van der Waals surface area (Å²) >= 11 is 1.64. The lowest BCUT2D eigenvalue weighted by Gasteiger charge is -2.31. The molecule has 2 amide bonds. The van der Waals surface area contributed by atoms with E-state index in [1.807, 2.05) is 35.4 Å². The highest BCUT2D eigenvalue weighted by Crippen LogP contribution is 2.40. The molecule has 0 radical (unpaired) electrons. The number of hydrogen-bond donors (Lipinski definition) is 1. The van der Waals surface area contributed by atoms with E-state index >= 15 is 0 Å². The Morgan fingerprint density at radius 2 is 2.04 bits per heavy atom. The number of aryl methyl sites for hydroxylation is 1. The summed E-state index contributed by atoms with van der Waals surface area (Å²) in [6, 6.07) is 9.92. The van der Waals surface area contributed by atoms with Crippen LogP contribution in [0.1, 0.15) is 47.7 Å². The topological polar surface area (TPSA) is 49.4 Å². The van der Waals surface area contributed by atoms with Gasteiger partial charge in [-0.3, -0.25) is 9.59 Å². The van der Waals surface area contributed by atoms with Crippen LogP contribution >= 0.6 is 11.3 Å². The Labute approximate surface area is 151 Å². The number of carbonyl (C=O) groups is 2. The zero-order valence-electron chi connectivity index (χ0n) is 14.3. The van der Waals surface area contributed by atoms with Crippen molar-refractivity contribution in [2.45, 2.75) is 38.6 Å². The molecule has 2 aliphatic rings. The van der Waals surface area contributed by atoms with Gasteiger partial charge in [0.2, 0.25) is 11.8 Å². The fourth-order valence-corrected chi connectivity index (χ4v) is 4.85. The van der Waals surface area contributed by atoms with E-state index in [1.54, 1.807) is 11.3 Å². The molecule has 1 saturated carbocycles. The van der Waals surface area contributed by atoms with Gasteiger partial charge in [0.05, 0.1) is 6.04 Å². The Kier molecular flexibility index (Phi) is 4.34. The molecule has 4 nitrogen and oxygen atoms in total. The SMILES string of the molecule is Cc1ccc2c(c1)C(c1cccs1)N(C(=O)C1CCCC1)CC(=O)N2. The van der Waals surface area contributed by atoms with E-state index in [0.717, 1.165) is 47.4 Å². The third-order valence-corrected chi connectivity index (χ3v) is 6.13. The number of nitrogens with zero attached hydrogens (tertiary/aromatic N) is 1. The quantitative estimate of drug-likeness (QED) is 0.882. The first-order chi connectivity index (χ1) is 12.1. The van der Waals surface area contributed by atoms with Crippen molar-refractivity contribution in [3.63, 3.8) is 0 Å². The van der Waals surface area contributed by atoms with Crippen molar-refractivity contribution in [2.75, 3.05) is 11.9 Å². The van der Waals surface area contributed by atoms with Crippen LogP contribution in [0, 0.1) is 12.8 Å². The summed E-state index contributed by atoms with van der Waals surface area (Å²) in [4.78, 5) is 28.6. The van der Waals surface area contributed by atoms with Gasteiger partial charge in [0.25, 0.3) is 0 Å². The van der Waals surface area contributed by atoms with Crippen LogP contribution in [0.2, 0.25) is 0 Å². The highest BCUT2D eigenvalue weighted by molar-refractivity contribution is 7.10. The van der Waals surface area contributed by atoms with Gasteiger partial charge < -0.3 is 10.2 Å². The second-order valence-corrected chi connectivity index (χ2v) is 7.98. The fraction of sp³-hybridized carbons (Fsp3) is 0.400. The van der Waals surface area contributed by atoms with Crippen molar-refractivity contribution >= 4 is 28.8 Å². The van der Waals surface area contributed by atoms with E-state index in [-0.39, 0.29) is 30.3 Å². The lowest BCUT2D eigenvalue weighted by atomic mass is 9.97. The molecule has 1 aromatic carbocycles. The van der Waals surface area contributed by atoms with Gasteiger partial charge in [0.1, 0.15) is 6.54 Å². The van der Waals surface area contributed by atoms with E-state index in [9.17, 15) is 9.59 Å². The van der Waals surface area contributed by atoms with E-state index < -0.39 is 0 Å². The van der Waals surface area contributed by atoms with Crippen molar-refractivity contribution in [1.29, 1.82) is 0 Å². The van der Waals surface area contributed by atoms with Gasteiger partial charge >= 0.3 is 0 Å². The normalized spacial score (nSPS) is 20.9. The molecule has 2 heterocycles. The van der Waals surface area contributed by atoms with Gasteiger partial charge in [0.15, 0.2) is 0 Å². The summed E-state index contributed by atoms with van der Waals surface area (Å²) in [5, 5.41) is 5.02. The summed E-state index contributed by atoms with van der Waals surface area (Å²) in [5.74, 6) is 0.0672. The highest BCUT2D eigenvalue weighted by atomic mass is 32.1. The third-order valence-electron chi connectivity index (χ3n) is 5.20. The molecule has 1 aliphatic heterocycles. The zero-order valence-corrected chi connectivity index (χ0v) is 15.1. The molecule has 1 unspecified atom stereocenters. The predicted molar refractivity (Wildman–Crippen MR) is 99.6 cm³/mol. The molecule has 0 spiro atoms. The Morgan fingerprint density at radius 1 is 1.24 bits per heavy atom. The number of rotatable bonds is 2. The van der Waals surface area contributed by atoms with Crippen LogP contribution in [0.3, 0.4) is 0 Å². The van der Waals surface area contributed by atoms with Crippen molar-refractivity contribution in [3.8, 4) is 0 Å². The molecular formula is C20H22N2O2S. The predicted octanol–water partition coefficient (Wildman–Crippen LogP) is 4.12. The smallest absolute Gasteiger partial charge is 0.244 e. The molecule has 25 heavy (non-hydrogen) atoms. The monoisotopic (exact) mass is 354 g/mol. The third kappa shape index (κ3) is 3.09. The molecule has 1 atom stereocenters. The fourth-order valence-electron chi connectivity index (χ4n) is 3.99. The molecule has 4 rings (SSSR count). The maximum absolute atomic E-state index is 13.2. The standard InChI is InChI=1S/C20H22N2O2S/c1-13-8-9-16-15(11-13)19(17-7-4-10-25-17)22(12-18(23)21-16)20(24)14-5-2-3-6-14/h4,7-11,14,19H,2-3,5-6,12H2,1H3,(H,21,23). The Hall–Kier alpha value is -2.14. The van der Waals surface area contributed by atoms with E-state index in [1.165, 1.54) is 0 Å². The highest BCUT2D eigenvalue weighted by Gasteiger charge is 2.37. The maximum atomic E-state index is 13.2. The van der Waals surface area contributed by atoms with Crippen LogP contribution in [0.4, 0.5) is 5.69 Å². The first-order valence-corrected chi connectivity index (χ1v) is 9.76. The van der Waals surface area contributed by atoms with Gasteiger partial charge in [-0.1, -0.05) is 36.6 Å². The largest absolute Gasteiger partial charge is 0.324 e. The summed E-state index contributed by atoms with van der Waals surface area (Å²) in [6.07, 6.45) is 4.09. The van der Waals surface area contributed by atoms with Crippen molar-refractivity contribution in [3.05, 3.63) is 51.7 Å². The van der Waals surface area contributed by atoms with Gasteiger partial charge in [-0.15, -0.1) is 11.3 Å². The molecule has 0 bridgehead atoms. The van der Waals surface area contributed by atoms with Crippen molar-refractivity contribution in [1.82, 2.24) is 4.90 Å². The van der Waals surface area contributed by atoms with Crippen LogP contribution < -0.4 is 5.32 Å². The Balaban J connectivity index is 1.83. The van der Waals surface area contributed by atoms with Crippen LogP contribution in [-0.4, -0.2) is 23.3 Å². The minimum absolute atomic E-state index is 0.0571. The first-order valence-electron chi connectivity index (χ1n) is 8.88. The Morgan fingerprint density at radius 3 is 2.76 bits per heavy atom. The van der Waals surface area contributed by atoms with Crippen molar-refractivity contribution in [2.24, 2.45) is 5.92 Å². The first kappa shape index (κ1) is 16.3. The minimum Gasteiger partial charge on any atom is -0.324 e. The van der Waals surface area contributed by atoms with E-state index in [0.29, 0.717) is 0 Å². The summed E-state index contributed by atoms with van der Waals surface area (Å²) in [7, 11) is 0. The van der Waals surface area contributed by atoms with E-state index in [4.69, 9.17) is 0 Å². The number of benzene rings is 1. The number of amides is 2. The molecule has 1 aliphatic carbocycles. The molecule has 0 saturated heterocycles. The van der Waals surface area contributed by atoms with Gasteiger partial charge in [0, 0.05) is 22.0 Å². The molecule has 130 valence electrons. The average Bonchev–Trinajstić information content (AvgIpc) is 3.27. The number of fused-ring (bicyclic) bond motifs is 1. The van der Waals surface area contributed by atoms with Gasteiger partial charge in [-0.05, 0) is 37.3 Å². The summed E-state index contributed by atoms with van der Waals surface area (Å²) < 4.78 is 0. The maximum Gasteiger partial charge on any atom is 0.244 e. The van der Waals surface area contributed by atoms with Crippen LogP contribution in [-0.2, 0) is 9.59 Å². The van der Waals surface area contributed by atoms with E-state index in [2.05, 4.69) is 17.4 Å². The average molecular weight is 354 g/mol. The molecule has 1 N–H and O–H groups in total. The molecule has 5 heteroatoms. The Bertz CT molecular complexity index is 794. The minimum atomic E-state index is -0.193. The van der Waals surface area contributed by atoms with Gasteiger partial charge in [-0.2, -0.15) is 0 Å². The number of thiophene rings is 1. The summed E-state index contributed by atoms with van der Waals surface area (Å²) in [5.41, 5.74) is 2.96. The zero-order chi connectivity index (χ0) is 17.4. The number of carbonyl (C=O) groups excluding carboxylic acids is 2.